The average molecular weight is 528 g/mol. The lowest BCUT2D eigenvalue weighted by molar-refractivity contribution is -0.137. The van der Waals surface area contributed by atoms with Crippen molar-refractivity contribution in [1.29, 1.82) is 0 Å². The van der Waals surface area contributed by atoms with E-state index in [-0.39, 0.29) is 6.04 Å². The Hall–Kier alpha value is -3.10. The molecular weight excluding hydrogens is 503 g/mol. The molecule has 2 heterocycles. The van der Waals surface area contributed by atoms with Crippen LogP contribution in [-0.4, -0.2) is 35.4 Å². The third-order valence-corrected chi connectivity index (χ3v) is 6.83. The normalized spacial score (nSPS) is 12.2. The summed E-state index contributed by atoms with van der Waals surface area (Å²) >= 11 is 2.99. The summed E-state index contributed by atoms with van der Waals surface area (Å²) in [4.78, 5) is 9.80. The number of nitrogens with one attached hydrogen (secondary N) is 2. The second-order valence-electron chi connectivity index (χ2n) is 8.00. The zero-order valence-corrected chi connectivity index (χ0v) is 21.0. The summed E-state index contributed by atoms with van der Waals surface area (Å²) in [5, 5.41) is 6.09. The van der Waals surface area contributed by atoms with Gasteiger partial charge in [-0.15, -0.1) is 0 Å². The van der Waals surface area contributed by atoms with Crippen LogP contribution in [0.25, 0.3) is 21.2 Å². The van der Waals surface area contributed by atoms with Crippen LogP contribution in [0, 0.1) is 11.8 Å². The van der Waals surface area contributed by atoms with E-state index in [1.165, 1.54) is 35.4 Å². The van der Waals surface area contributed by atoms with Crippen molar-refractivity contribution in [1.82, 2.24) is 14.7 Å². The van der Waals surface area contributed by atoms with Gasteiger partial charge in [0.15, 0.2) is 5.13 Å². The Labute approximate surface area is 215 Å². The Morgan fingerprint density at radius 2 is 1.92 bits per heavy atom. The van der Waals surface area contributed by atoms with Gasteiger partial charge in [-0.1, -0.05) is 53.5 Å². The molecule has 4 aromatic rings. The van der Waals surface area contributed by atoms with Crippen LogP contribution in [0.4, 0.5) is 18.3 Å². The first-order chi connectivity index (χ1) is 17.3. The number of alkyl halides is 3. The number of rotatable bonds is 8. The first-order valence-electron chi connectivity index (χ1n) is 11.1. The van der Waals surface area contributed by atoms with E-state index in [2.05, 4.69) is 37.9 Å². The van der Waals surface area contributed by atoms with Crippen LogP contribution in [0.15, 0.2) is 60.9 Å². The van der Waals surface area contributed by atoms with Crippen molar-refractivity contribution in [2.45, 2.75) is 18.6 Å². The quantitative estimate of drug-likeness (QED) is 0.158. The largest absolute Gasteiger partial charge is 0.416 e. The number of thiazole rings is 1. The standard InChI is InChI=1S/C26H24F3N5S2/c1-35-33-11-2-3-23-24(19-6-7-20-15-31-12-10-18(20)14-19)36-25(34-23)32-16-22(30)13-17-4-8-21(9-5-17)26(27,28)29/h4-10,12,14-15,22,33H,11,13,16,30H2,1H3,(H,32,34)/t22-/m0/s1. The predicted molar refractivity (Wildman–Crippen MR) is 143 cm³/mol. The highest BCUT2D eigenvalue weighted by molar-refractivity contribution is 7.96. The van der Waals surface area contributed by atoms with Gasteiger partial charge in [0.05, 0.1) is 17.0 Å². The SMILES string of the molecule is CSNCC#Cc1nc(NC[C@@H](N)Cc2ccc(C(F)(F)F)cc2)sc1-c1ccc2cnccc2c1. The fraction of sp³-hybridized carbons (Fsp3) is 0.231. The molecule has 0 saturated heterocycles. The molecule has 10 heteroatoms. The minimum absolute atomic E-state index is 0.303. The topological polar surface area (TPSA) is 75.9 Å². The van der Waals surface area contributed by atoms with E-state index in [1.807, 2.05) is 30.7 Å². The van der Waals surface area contributed by atoms with Crippen LogP contribution in [0.1, 0.15) is 16.8 Å². The van der Waals surface area contributed by atoms with Gasteiger partial charge in [0.25, 0.3) is 0 Å². The molecule has 0 unspecified atom stereocenters. The molecule has 0 spiro atoms. The van der Waals surface area contributed by atoms with E-state index in [4.69, 9.17) is 5.73 Å². The van der Waals surface area contributed by atoms with Crippen LogP contribution in [0.2, 0.25) is 0 Å². The molecule has 0 aliphatic heterocycles. The zero-order chi connectivity index (χ0) is 25.5. The number of nitrogens with two attached hydrogens (primary N) is 1. The molecule has 0 radical (unpaired) electrons. The van der Waals surface area contributed by atoms with Gasteiger partial charge in [-0.2, -0.15) is 13.2 Å². The fourth-order valence-electron chi connectivity index (χ4n) is 3.56. The molecule has 1 atom stereocenters. The third-order valence-electron chi connectivity index (χ3n) is 5.34. The predicted octanol–water partition coefficient (Wildman–Crippen LogP) is 5.58. The second-order valence-corrected chi connectivity index (χ2v) is 9.70. The van der Waals surface area contributed by atoms with Gasteiger partial charge in [0, 0.05) is 30.4 Å². The van der Waals surface area contributed by atoms with Crippen molar-refractivity contribution in [3.63, 3.8) is 0 Å². The number of fused-ring (bicyclic) bond motifs is 1. The molecule has 5 nitrogen and oxygen atoms in total. The fourth-order valence-corrected chi connectivity index (χ4v) is 4.70. The van der Waals surface area contributed by atoms with Crippen LogP contribution in [0.3, 0.4) is 0 Å². The van der Waals surface area contributed by atoms with Crippen molar-refractivity contribution in [3.05, 3.63) is 77.7 Å². The van der Waals surface area contributed by atoms with Gasteiger partial charge < -0.3 is 11.1 Å². The van der Waals surface area contributed by atoms with Crippen molar-refractivity contribution in [2.75, 3.05) is 24.7 Å². The van der Waals surface area contributed by atoms with Crippen molar-refractivity contribution in [3.8, 4) is 22.3 Å². The molecule has 0 aliphatic carbocycles. The highest BCUT2D eigenvalue weighted by atomic mass is 32.2. The molecule has 4 N–H and O–H groups in total. The molecule has 2 aromatic heterocycles. The summed E-state index contributed by atoms with van der Waals surface area (Å²) in [6, 6.07) is 12.9. The van der Waals surface area contributed by atoms with E-state index in [1.54, 1.807) is 6.20 Å². The molecule has 0 aliphatic rings. The van der Waals surface area contributed by atoms with Crippen LogP contribution in [0.5, 0.6) is 0 Å². The van der Waals surface area contributed by atoms with Gasteiger partial charge in [0.1, 0.15) is 5.69 Å². The Morgan fingerprint density at radius 1 is 1.11 bits per heavy atom. The Kier molecular flexibility index (Phi) is 8.48. The number of anilines is 1. The third kappa shape index (κ3) is 6.77. The summed E-state index contributed by atoms with van der Waals surface area (Å²) in [5.41, 5.74) is 8.02. The molecule has 4 rings (SSSR count). The summed E-state index contributed by atoms with van der Waals surface area (Å²) < 4.78 is 41.5. The molecule has 36 heavy (non-hydrogen) atoms. The minimum atomic E-state index is -4.35. The van der Waals surface area contributed by atoms with E-state index < -0.39 is 11.7 Å². The Balaban J connectivity index is 1.49. The van der Waals surface area contributed by atoms with E-state index in [0.717, 1.165) is 38.9 Å². The zero-order valence-electron chi connectivity index (χ0n) is 19.4. The number of nitrogens with zero attached hydrogens (tertiary/aromatic N) is 2. The first kappa shape index (κ1) is 26.0. The summed E-state index contributed by atoms with van der Waals surface area (Å²) in [5.74, 6) is 6.25. The lowest BCUT2D eigenvalue weighted by Gasteiger charge is -2.13. The number of hydrogen-bond donors (Lipinski definition) is 3. The maximum Gasteiger partial charge on any atom is 0.416 e. The minimum Gasteiger partial charge on any atom is -0.360 e. The molecule has 0 amide bonds. The maximum absolute atomic E-state index is 12.8. The van der Waals surface area contributed by atoms with Gasteiger partial charge in [-0.3, -0.25) is 9.71 Å². The number of aromatic nitrogens is 2. The summed E-state index contributed by atoms with van der Waals surface area (Å²) in [7, 11) is 0. The van der Waals surface area contributed by atoms with E-state index >= 15 is 0 Å². The smallest absolute Gasteiger partial charge is 0.360 e. The lowest BCUT2D eigenvalue weighted by atomic mass is 10.0. The van der Waals surface area contributed by atoms with E-state index in [9.17, 15) is 13.2 Å². The van der Waals surface area contributed by atoms with Gasteiger partial charge in [-0.05, 0) is 59.4 Å². The number of benzene rings is 2. The van der Waals surface area contributed by atoms with Crippen LogP contribution in [-0.2, 0) is 12.6 Å². The number of pyridine rings is 1. The van der Waals surface area contributed by atoms with Gasteiger partial charge in [0.2, 0.25) is 0 Å². The van der Waals surface area contributed by atoms with Crippen LogP contribution >= 0.6 is 23.3 Å². The van der Waals surface area contributed by atoms with Crippen molar-refractivity contribution in [2.24, 2.45) is 5.73 Å². The molecule has 2 aromatic carbocycles. The van der Waals surface area contributed by atoms with Crippen LogP contribution < -0.4 is 15.8 Å². The molecular formula is C26H24F3N5S2. The van der Waals surface area contributed by atoms with Gasteiger partial charge in [-0.25, -0.2) is 4.98 Å². The highest BCUT2D eigenvalue weighted by Crippen LogP contribution is 2.34. The maximum atomic E-state index is 12.8. The molecule has 186 valence electrons. The van der Waals surface area contributed by atoms with Crippen molar-refractivity contribution >= 4 is 39.2 Å². The molecule has 0 fully saturated rings. The van der Waals surface area contributed by atoms with E-state index in [0.29, 0.717) is 30.3 Å². The number of hydrogen-bond acceptors (Lipinski definition) is 7. The molecule has 0 bridgehead atoms. The summed E-state index contributed by atoms with van der Waals surface area (Å²) in [6.07, 6.45) is 1.62. The lowest BCUT2D eigenvalue weighted by Crippen LogP contribution is -2.31. The average Bonchev–Trinajstić information content (AvgIpc) is 3.28. The highest BCUT2D eigenvalue weighted by Gasteiger charge is 2.29. The summed E-state index contributed by atoms with van der Waals surface area (Å²) in [6.45, 7) is 0.945. The Morgan fingerprint density at radius 3 is 2.67 bits per heavy atom. The number of halogens is 3. The molecule has 0 saturated carbocycles. The second kappa shape index (κ2) is 11.8. The first-order valence-corrected chi connectivity index (χ1v) is 13.1. The monoisotopic (exact) mass is 527 g/mol. The van der Waals surface area contributed by atoms with Gasteiger partial charge >= 0.3 is 6.18 Å². The van der Waals surface area contributed by atoms with Crippen molar-refractivity contribution < 1.29 is 13.2 Å². The Bertz CT molecular complexity index is 1370.